The predicted molar refractivity (Wildman–Crippen MR) is 74.4 cm³/mol. The van der Waals surface area contributed by atoms with Crippen LogP contribution in [-0.2, 0) is 6.61 Å². The Kier molecular flexibility index (Phi) is 4.20. The molecule has 0 radical (unpaired) electrons. The number of aliphatic hydroxyl groups excluding tert-OH is 1. The molecule has 17 heavy (non-hydrogen) atoms. The lowest BCUT2D eigenvalue weighted by Gasteiger charge is -2.07. The monoisotopic (exact) mass is 361 g/mol. The molecule has 0 spiro atoms. The number of aliphatic hydroxyl groups is 1. The van der Waals surface area contributed by atoms with E-state index in [-0.39, 0.29) is 6.61 Å². The minimum atomic E-state index is -0.0868. The van der Waals surface area contributed by atoms with Gasteiger partial charge < -0.3 is 9.84 Å². The third-order valence-electron chi connectivity index (χ3n) is 2.07. The molecule has 1 aromatic carbocycles. The molecule has 1 N–H and O–H groups in total. The smallest absolute Gasteiger partial charge is 0.238 e. The van der Waals surface area contributed by atoms with Gasteiger partial charge in [-0.15, -0.1) is 0 Å². The molecule has 5 heteroatoms. The van der Waals surface area contributed by atoms with E-state index >= 15 is 0 Å². The number of aromatic nitrogens is 1. The fraction of sp³-hybridized carbons (Fsp3) is 0.0833. The average Bonchev–Trinajstić information content (AvgIpc) is 2.34. The Balaban J connectivity index is 2.21. The maximum Gasteiger partial charge on any atom is 0.238 e. The van der Waals surface area contributed by atoms with Crippen molar-refractivity contribution in [1.82, 2.24) is 4.98 Å². The number of pyridine rings is 1. The fourth-order valence-electron chi connectivity index (χ4n) is 1.24. The van der Waals surface area contributed by atoms with Crippen LogP contribution in [0.2, 0.25) is 5.02 Å². The first kappa shape index (κ1) is 12.6. The van der Waals surface area contributed by atoms with Crippen LogP contribution >= 0.6 is 34.2 Å². The topological polar surface area (TPSA) is 42.4 Å². The standard InChI is InChI=1S/C12H9ClINO2/c13-11-5-8(7-16)6-15-12(11)17-10-3-1-9(14)2-4-10/h1-6,16H,7H2. The van der Waals surface area contributed by atoms with E-state index in [0.29, 0.717) is 22.2 Å². The van der Waals surface area contributed by atoms with E-state index in [1.54, 1.807) is 6.07 Å². The Morgan fingerprint density at radius 2 is 2.00 bits per heavy atom. The molecule has 0 unspecified atom stereocenters. The molecule has 0 fully saturated rings. The maximum absolute atomic E-state index is 8.93. The first-order valence-corrected chi connectivity index (χ1v) is 6.33. The van der Waals surface area contributed by atoms with E-state index in [0.717, 1.165) is 3.57 Å². The van der Waals surface area contributed by atoms with Crippen LogP contribution in [0.4, 0.5) is 0 Å². The Morgan fingerprint density at radius 3 is 2.59 bits per heavy atom. The molecule has 0 saturated carbocycles. The molecule has 0 aliphatic heterocycles. The molecule has 2 aromatic rings. The third-order valence-corrected chi connectivity index (χ3v) is 3.06. The predicted octanol–water partition coefficient (Wildman–Crippen LogP) is 3.62. The van der Waals surface area contributed by atoms with Crippen LogP contribution in [0.3, 0.4) is 0 Å². The lowest BCUT2D eigenvalue weighted by molar-refractivity contribution is 0.281. The molecule has 2 rings (SSSR count). The summed E-state index contributed by atoms with van der Waals surface area (Å²) in [5, 5.41) is 9.32. The van der Waals surface area contributed by atoms with Crippen LogP contribution in [0, 0.1) is 3.57 Å². The first-order chi connectivity index (χ1) is 8.19. The second-order valence-corrected chi connectivity index (χ2v) is 5.00. The summed E-state index contributed by atoms with van der Waals surface area (Å²) in [5.74, 6) is 1.02. The van der Waals surface area contributed by atoms with Crippen molar-refractivity contribution in [3.05, 3.63) is 50.7 Å². The van der Waals surface area contributed by atoms with Gasteiger partial charge in [0.15, 0.2) is 0 Å². The Hall–Kier alpha value is -0.850. The van der Waals surface area contributed by atoms with Crippen molar-refractivity contribution in [2.24, 2.45) is 0 Å². The summed E-state index contributed by atoms with van der Waals surface area (Å²) < 4.78 is 6.66. The average molecular weight is 362 g/mol. The van der Waals surface area contributed by atoms with E-state index in [1.165, 1.54) is 6.20 Å². The zero-order valence-electron chi connectivity index (χ0n) is 8.73. The number of halogens is 2. The molecule has 0 atom stereocenters. The normalized spacial score (nSPS) is 10.3. The van der Waals surface area contributed by atoms with Crippen LogP contribution in [0.1, 0.15) is 5.56 Å². The minimum absolute atomic E-state index is 0.0868. The highest BCUT2D eigenvalue weighted by molar-refractivity contribution is 14.1. The van der Waals surface area contributed by atoms with Crippen LogP contribution in [0.25, 0.3) is 0 Å². The number of ether oxygens (including phenoxy) is 1. The summed E-state index contributed by atoms with van der Waals surface area (Å²) in [6.07, 6.45) is 1.54. The zero-order chi connectivity index (χ0) is 12.3. The molecular weight excluding hydrogens is 352 g/mol. The summed E-state index contributed by atoms with van der Waals surface area (Å²) in [6.45, 7) is -0.0868. The lowest BCUT2D eigenvalue weighted by atomic mass is 10.3. The number of benzene rings is 1. The third kappa shape index (κ3) is 3.31. The fourth-order valence-corrected chi connectivity index (χ4v) is 1.83. The Labute approximate surface area is 118 Å². The van der Waals surface area contributed by atoms with Gasteiger partial charge in [0.1, 0.15) is 10.8 Å². The Morgan fingerprint density at radius 1 is 1.29 bits per heavy atom. The zero-order valence-corrected chi connectivity index (χ0v) is 11.6. The molecule has 1 heterocycles. The van der Waals surface area contributed by atoms with Crippen LogP contribution in [0.5, 0.6) is 11.6 Å². The van der Waals surface area contributed by atoms with E-state index < -0.39 is 0 Å². The summed E-state index contributed by atoms with van der Waals surface area (Å²) in [7, 11) is 0. The van der Waals surface area contributed by atoms with Gasteiger partial charge in [-0.2, -0.15) is 0 Å². The van der Waals surface area contributed by atoms with Gasteiger partial charge in [-0.3, -0.25) is 0 Å². The Bertz CT molecular complexity index is 516. The first-order valence-electron chi connectivity index (χ1n) is 4.88. The van der Waals surface area contributed by atoms with Crippen molar-refractivity contribution in [1.29, 1.82) is 0 Å². The molecule has 0 saturated heterocycles. The van der Waals surface area contributed by atoms with E-state index in [9.17, 15) is 0 Å². The van der Waals surface area contributed by atoms with Gasteiger partial charge in [0, 0.05) is 9.77 Å². The highest BCUT2D eigenvalue weighted by Crippen LogP contribution is 2.27. The molecule has 88 valence electrons. The molecule has 0 aliphatic carbocycles. The highest BCUT2D eigenvalue weighted by atomic mass is 127. The lowest BCUT2D eigenvalue weighted by Crippen LogP contribution is -1.92. The van der Waals surface area contributed by atoms with Gasteiger partial charge in [-0.1, -0.05) is 11.6 Å². The van der Waals surface area contributed by atoms with Gasteiger partial charge in [0.2, 0.25) is 5.88 Å². The summed E-state index contributed by atoms with van der Waals surface area (Å²) in [6, 6.07) is 9.20. The summed E-state index contributed by atoms with van der Waals surface area (Å²) in [5.41, 5.74) is 0.657. The summed E-state index contributed by atoms with van der Waals surface area (Å²) >= 11 is 8.21. The van der Waals surface area contributed by atoms with E-state index in [2.05, 4.69) is 27.6 Å². The van der Waals surface area contributed by atoms with E-state index in [4.69, 9.17) is 21.4 Å². The number of nitrogens with zero attached hydrogens (tertiary/aromatic N) is 1. The van der Waals surface area contributed by atoms with Gasteiger partial charge in [-0.25, -0.2) is 4.98 Å². The van der Waals surface area contributed by atoms with Gasteiger partial charge >= 0.3 is 0 Å². The minimum Gasteiger partial charge on any atom is -0.438 e. The molecule has 1 aromatic heterocycles. The molecule has 3 nitrogen and oxygen atoms in total. The van der Waals surface area contributed by atoms with Crippen molar-refractivity contribution < 1.29 is 9.84 Å². The molecule has 0 amide bonds. The van der Waals surface area contributed by atoms with Gasteiger partial charge in [0.05, 0.1) is 6.61 Å². The van der Waals surface area contributed by atoms with Crippen molar-refractivity contribution >= 4 is 34.2 Å². The quantitative estimate of drug-likeness (QED) is 0.849. The second-order valence-electron chi connectivity index (χ2n) is 3.34. The highest BCUT2D eigenvalue weighted by Gasteiger charge is 2.05. The van der Waals surface area contributed by atoms with Gasteiger partial charge in [0.25, 0.3) is 0 Å². The molecule has 0 bridgehead atoms. The van der Waals surface area contributed by atoms with Gasteiger partial charge in [-0.05, 0) is 58.5 Å². The largest absolute Gasteiger partial charge is 0.438 e. The van der Waals surface area contributed by atoms with Crippen LogP contribution < -0.4 is 4.74 Å². The second kappa shape index (κ2) is 5.66. The van der Waals surface area contributed by atoms with Crippen LogP contribution in [0.15, 0.2) is 36.5 Å². The number of rotatable bonds is 3. The maximum atomic E-state index is 8.93. The SMILES string of the molecule is OCc1cnc(Oc2ccc(I)cc2)c(Cl)c1. The van der Waals surface area contributed by atoms with Crippen molar-refractivity contribution in [2.45, 2.75) is 6.61 Å². The molecule has 0 aliphatic rings. The number of hydrogen-bond donors (Lipinski definition) is 1. The number of hydrogen-bond acceptors (Lipinski definition) is 3. The van der Waals surface area contributed by atoms with Crippen molar-refractivity contribution in [3.63, 3.8) is 0 Å². The van der Waals surface area contributed by atoms with Crippen molar-refractivity contribution in [2.75, 3.05) is 0 Å². The molecular formula is C12H9ClINO2. The van der Waals surface area contributed by atoms with E-state index in [1.807, 2.05) is 24.3 Å². The van der Waals surface area contributed by atoms with Crippen LogP contribution in [-0.4, -0.2) is 10.1 Å². The van der Waals surface area contributed by atoms with Crippen molar-refractivity contribution in [3.8, 4) is 11.6 Å². The summed E-state index contributed by atoms with van der Waals surface area (Å²) in [4.78, 5) is 4.05.